The third-order valence-corrected chi connectivity index (χ3v) is 3.86. The molecule has 0 aliphatic heterocycles. The van der Waals surface area contributed by atoms with Crippen molar-refractivity contribution in [1.82, 2.24) is 19.3 Å². The summed E-state index contributed by atoms with van der Waals surface area (Å²) in [5.41, 5.74) is -0.863. The number of fused-ring (bicyclic) bond motifs is 1. The van der Waals surface area contributed by atoms with Crippen LogP contribution in [0, 0.1) is 6.92 Å². The lowest BCUT2D eigenvalue weighted by atomic mass is 10.1. The largest absolute Gasteiger partial charge is 0.416 e. The van der Waals surface area contributed by atoms with Gasteiger partial charge in [-0.25, -0.2) is 4.98 Å². The van der Waals surface area contributed by atoms with Crippen LogP contribution >= 0.6 is 0 Å². The van der Waals surface area contributed by atoms with Crippen molar-refractivity contribution in [1.29, 1.82) is 0 Å². The Labute approximate surface area is 145 Å². The Bertz CT molecular complexity index is 1050. The number of amides is 1. The SMILES string of the molecule is Cc1ccc(NC(=O)Cn2cnc3c(cnn3C)c2=O)cc1C(F)(F)F. The highest BCUT2D eigenvalue weighted by Gasteiger charge is 2.32. The second-order valence-corrected chi connectivity index (χ2v) is 5.76. The molecule has 1 amide bonds. The van der Waals surface area contributed by atoms with Gasteiger partial charge in [-0.05, 0) is 24.6 Å². The molecule has 3 rings (SSSR count). The van der Waals surface area contributed by atoms with Gasteiger partial charge in [-0.3, -0.25) is 18.8 Å². The molecule has 0 atom stereocenters. The fourth-order valence-corrected chi connectivity index (χ4v) is 2.54. The monoisotopic (exact) mass is 365 g/mol. The number of carbonyl (C=O) groups excluding carboxylic acids is 1. The summed E-state index contributed by atoms with van der Waals surface area (Å²) in [6, 6.07) is 3.50. The van der Waals surface area contributed by atoms with Gasteiger partial charge in [0, 0.05) is 12.7 Å². The molecule has 0 saturated carbocycles. The predicted molar refractivity (Wildman–Crippen MR) is 87.6 cm³/mol. The highest BCUT2D eigenvalue weighted by Crippen LogP contribution is 2.33. The maximum atomic E-state index is 12.9. The highest BCUT2D eigenvalue weighted by atomic mass is 19.4. The lowest BCUT2D eigenvalue weighted by Gasteiger charge is -2.13. The quantitative estimate of drug-likeness (QED) is 0.771. The fraction of sp³-hybridized carbons (Fsp3) is 0.250. The smallest absolute Gasteiger partial charge is 0.325 e. The minimum Gasteiger partial charge on any atom is -0.325 e. The summed E-state index contributed by atoms with van der Waals surface area (Å²) in [6.45, 7) is 0.953. The Morgan fingerprint density at radius 2 is 2.04 bits per heavy atom. The molecule has 136 valence electrons. The molecule has 2 aromatic heterocycles. The van der Waals surface area contributed by atoms with E-state index in [1.807, 2.05) is 0 Å². The van der Waals surface area contributed by atoms with Crippen molar-refractivity contribution >= 4 is 22.6 Å². The zero-order valence-corrected chi connectivity index (χ0v) is 13.8. The molecule has 0 unspecified atom stereocenters. The third kappa shape index (κ3) is 3.30. The highest BCUT2D eigenvalue weighted by molar-refractivity contribution is 5.90. The number of benzene rings is 1. The van der Waals surface area contributed by atoms with Crippen molar-refractivity contribution in [2.75, 3.05) is 5.32 Å². The number of hydrogen-bond donors (Lipinski definition) is 1. The number of rotatable bonds is 3. The first kappa shape index (κ1) is 17.6. The van der Waals surface area contributed by atoms with E-state index in [-0.39, 0.29) is 23.2 Å². The number of carbonyl (C=O) groups is 1. The molecule has 0 spiro atoms. The number of nitrogens with zero attached hydrogens (tertiary/aromatic N) is 4. The van der Waals surface area contributed by atoms with Crippen molar-refractivity contribution in [3.05, 3.63) is 52.2 Å². The summed E-state index contributed by atoms with van der Waals surface area (Å²) >= 11 is 0. The summed E-state index contributed by atoms with van der Waals surface area (Å²) in [4.78, 5) is 28.5. The topological polar surface area (TPSA) is 81.8 Å². The summed E-state index contributed by atoms with van der Waals surface area (Å²) in [6.07, 6.45) is -1.98. The van der Waals surface area contributed by atoms with Gasteiger partial charge in [0.2, 0.25) is 5.91 Å². The Hall–Kier alpha value is -3.17. The van der Waals surface area contributed by atoms with Gasteiger partial charge in [0.25, 0.3) is 5.56 Å². The van der Waals surface area contributed by atoms with E-state index in [9.17, 15) is 22.8 Å². The van der Waals surface area contributed by atoms with Gasteiger partial charge in [-0.15, -0.1) is 0 Å². The van der Waals surface area contributed by atoms with Gasteiger partial charge in [0.15, 0.2) is 5.65 Å². The zero-order chi connectivity index (χ0) is 19.1. The van der Waals surface area contributed by atoms with E-state index < -0.39 is 23.2 Å². The van der Waals surface area contributed by atoms with Crippen molar-refractivity contribution < 1.29 is 18.0 Å². The van der Waals surface area contributed by atoms with E-state index in [2.05, 4.69) is 15.4 Å². The molecular weight excluding hydrogens is 351 g/mol. The first-order chi connectivity index (χ1) is 12.2. The van der Waals surface area contributed by atoms with Crippen LogP contribution in [0.1, 0.15) is 11.1 Å². The number of hydrogen-bond acceptors (Lipinski definition) is 4. The van der Waals surface area contributed by atoms with Crippen LogP contribution in [0.4, 0.5) is 18.9 Å². The summed E-state index contributed by atoms with van der Waals surface area (Å²) in [5.74, 6) is -0.644. The van der Waals surface area contributed by atoms with Crippen LogP contribution in [-0.4, -0.2) is 25.2 Å². The van der Waals surface area contributed by atoms with Crippen molar-refractivity contribution in [3.63, 3.8) is 0 Å². The van der Waals surface area contributed by atoms with E-state index in [1.165, 1.54) is 36.3 Å². The molecule has 0 radical (unpaired) electrons. The van der Waals surface area contributed by atoms with Gasteiger partial charge >= 0.3 is 6.18 Å². The number of alkyl halides is 3. The molecular formula is C16H14F3N5O2. The maximum Gasteiger partial charge on any atom is 0.416 e. The average Bonchev–Trinajstić information content (AvgIpc) is 2.93. The molecule has 0 fully saturated rings. The van der Waals surface area contributed by atoms with E-state index >= 15 is 0 Å². The Morgan fingerprint density at radius 3 is 2.73 bits per heavy atom. The molecule has 26 heavy (non-hydrogen) atoms. The lowest BCUT2D eigenvalue weighted by Crippen LogP contribution is -2.28. The summed E-state index contributed by atoms with van der Waals surface area (Å²) in [5, 5.41) is 6.53. The second-order valence-electron chi connectivity index (χ2n) is 5.76. The van der Waals surface area contributed by atoms with Crippen molar-refractivity contribution in [3.8, 4) is 0 Å². The number of aryl methyl sites for hydroxylation is 2. The van der Waals surface area contributed by atoms with Crippen LogP contribution in [0.25, 0.3) is 11.0 Å². The Morgan fingerprint density at radius 1 is 1.31 bits per heavy atom. The third-order valence-electron chi connectivity index (χ3n) is 3.86. The number of anilines is 1. The molecule has 3 aromatic rings. The fourth-order valence-electron chi connectivity index (χ4n) is 2.54. The van der Waals surface area contributed by atoms with Crippen LogP contribution in [-0.2, 0) is 24.6 Å². The number of aromatic nitrogens is 4. The van der Waals surface area contributed by atoms with Crippen LogP contribution in [0.15, 0.2) is 35.5 Å². The number of nitrogens with one attached hydrogen (secondary N) is 1. The van der Waals surface area contributed by atoms with Crippen molar-refractivity contribution in [2.45, 2.75) is 19.6 Å². The first-order valence-electron chi connectivity index (χ1n) is 7.51. The molecule has 1 aromatic carbocycles. The van der Waals surface area contributed by atoms with Crippen molar-refractivity contribution in [2.24, 2.45) is 7.05 Å². The van der Waals surface area contributed by atoms with Gasteiger partial charge < -0.3 is 5.32 Å². The minimum absolute atomic E-state index is 0.00334. The van der Waals surface area contributed by atoms with Crippen LogP contribution < -0.4 is 10.9 Å². The molecule has 0 aliphatic carbocycles. The van der Waals surface area contributed by atoms with E-state index in [0.29, 0.717) is 5.65 Å². The maximum absolute atomic E-state index is 12.9. The van der Waals surface area contributed by atoms with E-state index in [1.54, 1.807) is 7.05 Å². The zero-order valence-electron chi connectivity index (χ0n) is 13.8. The van der Waals surface area contributed by atoms with Crippen LogP contribution in [0.3, 0.4) is 0 Å². The minimum atomic E-state index is -4.52. The van der Waals surface area contributed by atoms with Gasteiger partial charge in [-0.2, -0.15) is 18.3 Å². The normalized spacial score (nSPS) is 11.7. The Kier molecular flexibility index (Phi) is 4.26. The molecule has 10 heteroatoms. The standard InChI is InChI=1S/C16H14F3N5O2/c1-9-3-4-10(5-12(9)16(17,18)19)22-13(25)7-24-8-20-14-11(15(24)26)6-21-23(14)2/h3-6,8H,7H2,1-2H3,(H,22,25). The Balaban J connectivity index is 1.82. The molecule has 2 heterocycles. The number of halogens is 3. The molecule has 0 saturated heterocycles. The van der Waals surface area contributed by atoms with E-state index in [4.69, 9.17) is 0 Å². The molecule has 1 N–H and O–H groups in total. The van der Waals surface area contributed by atoms with Gasteiger partial charge in [0.1, 0.15) is 18.3 Å². The average molecular weight is 365 g/mol. The molecule has 0 aliphatic rings. The van der Waals surface area contributed by atoms with Crippen LogP contribution in [0.2, 0.25) is 0 Å². The molecule has 7 nitrogen and oxygen atoms in total. The predicted octanol–water partition coefficient (Wildman–Crippen LogP) is 2.10. The lowest BCUT2D eigenvalue weighted by molar-refractivity contribution is -0.138. The summed E-state index contributed by atoms with van der Waals surface area (Å²) < 4.78 is 41.3. The van der Waals surface area contributed by atoms with Gasteiger partial charge in [-0.1, -0.05) is 6.07 Å². The first-order valence-corrected chi connectivity index (χ1v) is 7.51. The molecule has 0 bridgehead atoms. The van der Waals surface area contributed by atoms with E-state index in [0.717, 1.165) is 10.6 Å². The second kappa shape index (κ2) is 6.28. The van der Waals surface area contributed by atoms with Gasteiger partial charge in [0.05, 0.1) is 11.8 Å². The summed E-state index contributed by atoms with van der Waals surface area (Å²) in [7, 11) is 1.63. The van der Waals surface area contributed by atoms with Crippen LogP contribution in [0.5, 0.6) is 0 Å².